The van der Waals surface area contributed by atoms with E-state index in [0.717, 1.165) is 24.2 Å². The first kappa shape index (κ1) is 15.6. The molecule has 1 unspecified atom stereocenters. The van der Waals surface area contributed by atoms with Gasteiger partial charge in [0.15, 0.2) is 0 Å². The predicted octanol–water partition coefficient (Wildman–Crippen LogP) is 2.11. The van der Waals surface area contributed by atoms with Gasteiger partial charge in [0, 0.05) is 19.2 Å². The van der Waals surface area contributed by atoms with Crippen molar-refractivity contribution >= 4 is 5.91 Å². The van der Waals surface area contributed by atoms with Crippen LogP contribution in [0.2, 0.25) is 0 Å². The van der Waals surface area contributed by atoms with Gasteiger partial charge in [0.25, 0.3) is 0 Å². The summed E-state index contributed by atoms with van der Waals surface area (Å²) in [7, 11) is 1.83. The van der Waals surface area contributed by atoms with Crippen molar-refractivity contribution in [3.05, 3.63) is 29.6 Å². The van der Waals surface area contributed by atoms with E-state index in [-0.39, 0.29) is 5.91 Å². The molecule has 1 rings (SSSR count). The number of amides is 1. The summed E-state index contributed by atoms with van der Waals surface area (Å²) in [6, 6.07) is 5.88. The monoisotopic (exact) mass is 263 g/mol. The number of hydrogen-bond donors (Lipinski definition) is 1. The number of hydrogen-bond acceptors (Lipinski definition) is 3. The maximum absolute atomic E-state index is 12.0. The van der Waals surface area contributed by atoms with Crippen LogP contribution in [0.3, 0.4) is 0 Å². The lowest BCUT2D eigenvalue weighted by atomic mass is 10.0. The maximum Gasteiger partial charge on any atom is 0.222 e. The normalized spacial score (nSPS) is 12.2. The van der Waals surface area contributed by atoms with Crippen molar-refractivity contribution in [3.63, 3.8) is 0 Å². The van der Waals surface area contributed by atoms with Gasteiger partial charge in [0.2, 0.25) is 5.91 Å². The molecule has 2 N–H and O–H groups in total. The van der Waals surface area contributed by atoms with Crippen molar-refractivity contribution in [3.8, 4) is 0 Å². The Morgan fingerprint density at radius 2 is 2.16 bits per heavy atom. The molecule has 0 aromatic carbocycles. The second-order valence-corrected chi connectivity index (χ2v) is 5.24. The first-order chi connectivity index (χ1) is 9.02. The third-order valence-electron chi connectivity index (χ3n) is 3.28. The third-order valence-corrected chi connectivity index (χ3v) is 3.28. The van der Waals surface area contributed by atoms with Crippen LogP contribution < -0.4 is 5.73 Å². The van der Waals surface area contributed by atoms with Gasteiger partial charge in [-0.2, -0.15) is 0 Å². The lowest BCUT2D eigenvalue weighted by Gasteiger charge is -2.18. The van der Waals surface area contributed by atoms with Crippen LogP contribution in [0.4, 0.5) is 0 Å². The van der Waals surface area contributed by atoms with E-state index >= 15 is 0 Å². The van der Waals surface area contributed by atoms with Gasteiger partial charge in [-0.3, -0.25) is 9.78 Å². The maximum atomic E-state index is 12.0. The van der Waals surface area contributed by atoms with Crippen LogP contribution in [0, 0.1) is 12.8 Å². The number of nitrogens with two attached hydrogens (primary N) is 1. The Labute approximate surface area is 116 Å². The second-order valence-electron chi connectivity index (χ2n) is 5.24. The number of carbonyl (C=O) groups excluding carboxylic acids is 1. The van der Waals surface area contributed by atoms with Gasteiger partial charge in [0.05, 0.1) is 12.2 Å². The standard InChI is InChI=1S/C15H25N3O/c1-12(9-10-16)7-8-15(19)18(3)11-14-6-4-5-13(2)17-14/h4-6,12H,7-11,16H2,1-3H3. The summed E-state index contributed by atoms with van der Waals surface area (Å²) < 4.78 is 0. The molecular weight excluding hydrogens is 238 g/mol. The van der Waals surface area contributed by atoms with Crippen LogP contribution in [-0.2, 0) is 11.3 Å². The average Bonchev–Trinajstić information content (AvgIpc) is 2.36. The Kier molecular flexibility index (Phi) is 6.50. The minimum atomic E-state index is 0.173. The minimum absolute atomic E-state index is 0.173. The summed E-state index contributed by atoms with van der Waals surface area (Å²) in [6.45, 7) is 5.37. The molecule has 4 heteroatoms. The highest BCUT2D eigenvalue weighted by Gasteiger charge is 2.11. The molecule has 1 aromatic rings. The van der Waals surface area contributed by atoms with Gasteiger partial charge in [-0.05, 0) is 44.4 Å². The first-order valence-electron chi connectivity index (χ1n) is 6.89. The molecule has 1 aromatic heterocycles. The Morgan fingerprint density at radius 3 is 2.79 bits per heavy atom. The van der Waals surface area contributed by atoms with Gasteiger partial charge in [0.1, 0.15) is 0 Å². The van der Waals surface area contributed by atoms with Crippen LogP contribution in [-0.4, -0.2) is 29.4 Å². The number of rotatable bonds is 7. The van der Waals surface area contributed by atoms with E-state index in [1.807, 2.05) is 32.2 Å². The number of carbonyl (C=O) groups is 1. The van der Waals surface area contributed by atoms with Crippen molar-refractivity contribution in [2.24, 2.45) is 11.7 Å². The molecule has 0 saturated heterocycles. The van der Waals surface area contributed by atoms with Gasteiger partial charge in [-0.25, -0.2) is 0 Å². The molecule has 0 radical (unpaired) electrons. The number of aromatic nitrogens is 1. The van der Waals surface area contributed by atoms with Crippen LogP contribution in [0.1, 0.15) is 37.6 Å². The Bertz CT molecular complexity index is 406. The molecule has 1 heterocycles. The highest BCUT2D eigenvalue weighted by molar-refractivity contribution is 5.75. The number of pyridine rings is 1. The van der Waals surface area contributed by atoms with Crippen molar-refractivity contribution < 1.29 is 4.79 Å². The molecule has 0 fully saturated rings. The quantitative estimate of drug-likeness (QED) is 0.819. The lowest BCUT2D eigenvalue weighted by molar-refractivity contribution is -0.130. The van der Waals surface area contributed by atoms with E-state index in [1.165, 1.54) is 0 Å². The van der Waals surface area contributed by atoms with E-state index in [9.17, 15) is 4.79 Å². The fourth-order valence-corrected chi connectivity index (χ4v) is 2.01. The fourth-order valence-electron chi connectivity index (χ4n) is 2.01. The van der Waals surface area contributed by atoms with E-state index in [2.05, 4.69) is 11.9 Å². The van der Waals surface area contributed by atoms with Crippen LogP contribution in [0.25, 0.3) is 0 Å². The molecule has 1 atom stereocenters. The third kappa shape index (κ3) is 5.83. The zero-order valence-electron chi connectivity index (χ0n) is 12.2. The topological polar surface area (TPSA) is 59.2 Å². The Morgan fingerprint density at radius 1 is 1.42 bits per heavy atom. The number of nitrogens with zero attached hydrogens (tertiary/aromatic N) is 2. The van der Waals surface area contributed by atoms with Crippen molar-refractivity contribution in [1.29, 1.82) is 0 Å². The SMILES string of the molecule is Cc1cccc(CN(C)C(=O)CCC(C)CCN)n1. The van der Waals surface area contributed by atoms with Crippen LogP contribution in [0.15, 0.2) is 18.2 Å². The van der Waals surface area contributed by atoms with Gasteiger partial charge in [-0.1, -0.05) is 13.0 Å². The lowest BCUT2D eigenvalue weighted by Crippen LogP contribution is -2.27. The van der Waals surface area contributed by atoms with Crippen LogP contribution >= 0.6 is 0 Å². The van der Waals surface area contributed by atoms with E-state index in [4.69, 9.17) is 5.73 Å². The molecule has 1 amide bonds. The van der Waals surface area contributed by atoms with E-state index < -0.39 is 0 Å². The molecule has 0 saturated carbocycles. The van der Waals surface area contributed by atoms with Gasteiger partial charge < -0.3 is 10.6 Å². The molecule has 0 aliphatic heterocycles. The Balaban J connectivity index is 2.40. The highest BCUT2D eigenvalue weighted by Crippen LogP contribution is 2.11. The molecular formula is C15H25N3O. The first-order valence-corrected chi connectivity index (χ1v) is 6.89. The second kappa shape index (κ2) is 7.89. The molecule has 4 nitrogen and oxygen atoms in total. The molecule has 0 aliphatic carbocycles. The number of aryl methyl sites for hydroxylation is 1. The van der Waals surface area contributed by atoms with Crippen molar-refractivity contribution in [2.75, 3.05) is 13.6 Å². The smallest absolute Gasteiger partial charge is 0.222 e. The summed E-state index contributed by atoms with van der Waals surface area (Å²) in [4.78, 5) is 18.2. The van der Waals surface area contributed by atoms with Crippen molar-refractivity contribution in [2.45, 2.75) is 39.7 Å². The minimum Gasteiger partial charge on any atom is -0.340 e. The summed E-state index contributed by atoms with van der Waals surface area (Å²) in [5, 5.41) is 0. The zero-order chi connectivity index (χ0) is 14.3. The summed E-state index contributed by atoms with van der Waals surface area (Å²) in [5.41, 5.74) is 7.43. The van der Waals surface area contributed by atoms with Crippen molar-refractivity contribution in [1.82, 2.24) is 9.88 Å². The highest BCUT2D eigenvalue weighted by atomic mass is 16.2. The molecule has 0 bridgehead atoms. The van der Waals surface area contributed by atoms with Gasteiger partial charge in [-0.15, -0.1) is 0 Å². The molecule has 0 spiro atoms. The van der Waals surface area contributed by atoms with E-state index in [0.29, 0.717) is 25.4 Å². The fraction of sp³-hybridized carbons (Fsp3) is 0.600. The van der Waals surface area contributed by atoms with Crippen LogP contribution in [0.5, 0.6) is 0 Å². The molecule has 0 aliphatic rings. The zero-order valence-corrected chi connectivity index (χ0v) is 12.2. The largest absolute Gasteiger partial charge is 0.340 e. The average molecular weight is 263 g/mol. The molecule has 19 heavy (non-hydrogen) atoms. The summed E-state index contributed by atoms with van der Waals surface area (Å²) >= 11 is 0. The predicted molar refractivity (Wildman–Crippen MR) is 77.5 cm³/mol. The summed E-state index contributed by atoms with van der Waals surface area (Å²) in [6.07, 6.45) is 2.47. The summed E-state index contributed by atoms with van der Waals surface area (Å²) in [5.74, 6) is 0.687. The van der Waals surface area contributed by atoms with E-state index in [1.54, 1.807) is 4.90 Å². The Hall–Kier alpha value is -1.42. The molecule has 106 valence electrons. The van der Waals surface area contributed by atoms with Gasteiger partial charge >= 0.3 is 0 Å².